The Balaban J connectivity index is 1.64. The van der Waals surface area contributed by atoms with E-state index in [0.717, 1.165) is 21.6 Å². The van der Waals surface area contributed by atoms with Crippen LogP contribution in [0.15, 0.2) is 24.3 Å². The van der Waals surface area contributed by atoms with Crippen molar-refractivity contribution < 1.29 is 27.4 Å². The Hall–Kier alpha value is -3.70. The molecule has 1 N–H and O–H groups in total. The van der Waals surface area contributed by atoms with Crippen LogP contribution in [0.3, 0.4) is 0 Å². The van der Waals surface area contributed by atoms with Crippen molar-refractivity contribution in [1.29, 1.82) is 0 Å². The van der Waals surface area contributed by atoms with Gasteiger partial charge in [-0.25, -0.2) is 4.68 Å². The normalized spacial score (nSPS) is 17.4. The van der Waals surface area contributed by atoms with Crippen molar-refractivity contribution in [3.05, 3.63) is 52.5 Å². The van der Waals surface area contributed by atoms with Crippen molar-refractivity contribution in [3.8, 4) is 11.5 Å². The zero-order valence-electron chi connectivity index (χ0n) is 21.0. The number of nitrogens with one attached hydrogen (secondary N) is 1. The summed E-state index contributed by atoms with van der Waals surface area (Å²) < 4.78 is 55.4. The van der Waals surface area contributed by atoms with Crippen LogP contribution in [-0.2, 0) is 13.6 Å². The van der Waals surface area contributed by atoms with Gasteiger partial charge in [0.1, 0.15) is 5.82 Å². The number of fused-ring (bicyclic) bond motifs is 1. The van der Waals surface area contributed by atoms with E-state index in [9.17, 15) is 18.0 Å². The SMILES string of the molecule is COc1ccc(C2CC(C(F)(F)F)n3nc(C(=O)N(C)Cc4c(C)nn(C)c4C)cc3N2)cc1OC. The zero-order chi connectivity index (χ0) is 26.4. The number of benzene rings is 1. The first kappa shape index (κ1) is 25.4. The van der Waals surface area contributed by atoms with Crippen molar-refractivity contribution in [2.45, 2.75) is 45.1 Å². The smallest absolute Gasteiger partial charge is 0.410 e. The molecule has 4 rings (SSSR count). The fourth-order valence-electron chi connectivity index (χ4n) is 4.52. The molecule has 3 aromatic rings. The van der Waals surface area contributed by atoms with Crippen molar-refractivity contribution in [2.75, 3.05) is 26.6 Å². The number of amides is 1. The van der Waals surface area contributed by atoms with Gasteiger partial charge in [-0.3, -0.25) is 9.48 Å². The number of rotatable bonds is 6. The molecule has 2 aromatic heterocycles. The Morgan fingerprint density at radius 1 is 1.17 bits per heavy atom. The van der Waals surface area contributed by atoms with Gasteiger partial charge in [0.2, 0.25) is 0 Å². The summed E-state index contributed by atoms with van der Waals surface area (Å²) in [7, 11) is 6.36. The number of carbonyl (C=O) groups is 1. The summed E-state index contributed by atoms with van der Waals surface area (Å²) >= 11 is 0. The van der Waals surface area contributed by atoms with Crippen molar-refractivity contribution in [1.82, 2.24) is 24.5 Å². The maximum atomic E-state index is 14.1. The summed E-state index contributed by atoms with van der Waals surface area (Å²) in [6.07, 6.45) is -4.86. The summed E-state index contributed by atoms with van der Waals surface area (Å²) in [5, 5.41) is 11.5. The second-order valence-corrected chi connectivity index (χ2v) is 8.90. The lowest BCUT2D eigenvalue weighted by atomic mass is 9.96. The number of nitrogens with zero attached hydrogens (tertiary/aromatic N) is 5. The van der Waals surface area contributed by atoms with Gasteiger partial charge in [0.15, 0.2) is 23.2 Å². The van der Waals surface area contributed by atoms with Gasteiger partial charge in [0.25, 0.3) is 5.91 Å². The Morgan fingerprint density at radius 2 is 1.86 bits per heavy atom. The van der Waals surface area contributed by atoms with Crippen LogP contribution in [0.1, 0.15) is 51.5 Å². The van der Waals surface area contributed by atoms with E-state index in [2.05, 4.69) is 15.5 Å². The van der Waals surface area contributed by atoms with Crippen molar-refractivity contribution >= 4 is 11.7 Å². The molecule has 1 aliphatic rings. The highest BCUT2D eigenvalue weighted by molar-refractivity contribution is 5.93. The molecular weight excluding hydrogens is 477 g/mol. The largest absolute Gasteiger partial charge is 0.493 e. The molecule has 12 heteroatoms. The molecule has 194 valence electrons. The number of aromatic nitrogens is 4. The molecule has 0 fully saturated rings. The molecule has 9 nitrogen and oxygen atoms in total. The molecule has 0 spiro atoms. The predicted octanol–water partition coefficient (Wildman–Crippen LogP) is 4.18. The van der Waals surface area contributed by atoms with Crippen molar-refractivity contribution in [2.24, 2.45) is 7.05 Å². The molecule has 2 atom stereocenters. The zero-order valence-corrected chi connectivity index (χ0v) is 21.0. The molecule has 0 radical (unpaired) electrons. The maximum absolute atomic E-state index is 14.1. The van der Waals surface area contributed by atoms with E-state index in [-0.39, 0.29) is 24.5 Å². The number of aryl methyl sites for hydroxylation is 2. The van der Waals surface area contributed by atoms with Gasteiger partial charge in [0.05, 0.1) is 26.0 Å². The number of halogens is 3. The monoisotopic (exact) mass is 506 g/mol. The molecular formula is C24H29F3N6O3. The van der Waals surface area contributed by atoms with E-state index in [1.165, 1.54) is 25.2 Å². The highest BCUT2D eigenvalue weighted by atomic mass is 19.4. The molecule has 1 amide bonds. The quantitative estimate of drug-likeness (QED) is 0.540. The second-order valence-electron chi connectivity index (χ2n) is 8.90. The highest BCUT2D eigenvalue weighted by Crippen LogP contribution is 2.44. The van der Waals surface area contributed by atoms with Crippen LogP contribution < -0.4 is 14.8 Å². The van der Waals surface area contributed by atoms with Crippen LogP contribution in [0.4, 0.5) is 19.0 Å². The molecule has 0 aliphatic carbocycles. The predicted molar refractivity (Wildman–Crippen MR) is 126 cm³/mol. The van der Waals surface area contributed by atoms with E-state index >= 15 is 0 Å². The van der Waals surface area contributed by atoms with Gasteiger partial charge in [-0.1, -0.05) is 6.07 Å². The minimum absolute atomic E-state index is 0.0681. The molecule has 1 aromatic carbocycles. The fourth-order valence-corrected chi connectivity index (χ4v) is 4.52. The molecule has 0 bridgehead atoms. The van der Waals surface area contributed by atoms with Gasteiger partial charge in [-0.2, -0.15) is 23.4 Å². The Bertz CT molecular complexity index is 1280. The van der Waals surface area contributed by atoms with Crippen LogP contribution in [0.5, 0.6) is 11.5 Å². The average Bonchev–Trinajstić information content (AvgIpc) is 3.37. The number of carbonyl (C=O) groups excluding carboxylic acids is 1. The third-order valence-electron chi connectivity index (χ3n) is 6.62. The van der Waals surface area contributed by atoms with Gasteiger partial charge in [-0.05, 0) is 31.5 Å². The van der Waals surface area contributed by atoms with Crippen LogP contribution in [0.25, 0.3) is 0 Å². The van der Waals surface area contributed by atoms with E-state index in [0.29, 0.717) is 17.1 Å². The summed E-state index contributed by atoms with van der Waals surface area (Å²) in [4.78, 5) is 14.6. The second kappa shape index (κ2) is 9.40. The Labute approximate surface area is 206 Å². The summed E-state index contributed by atoms with van der Waals surface area (Å²) in [5.41, 5.74) is 3.11. The number of hydrogen-bond acceptors (Lipinski definition) is 6. The number of methoxy groups -OCH3 is 2. The van der Waals surface area contributed by atoms with Crippen LogP contribution in [0.2, 0.25) is 0 Å². The minimum Gasteiger partial charge on any atom is -0.493 e. The first-order chi connectivity index (χ1) is 16.9. The lowest BCUT2D eigenvalue weighted by Crippen LogP contribution is -2.36. The van der Waals surface area contributed by atoms with E-state index in [1.54, 1.807) is 29.9 Å². The molecule has 1 aliphatic heterocycles. The molecule has 0 saturated carbocycles. The molecule has 3 heterocycles. The first-order valence-electron chi connectivity index (χ1n) is 11.3. The van der Waals surface area contributed by atoms with Crippen LogP contribution in [0, 0.1) is 13.8 Å². The lowest BCUT2D eigenvalue weighted by molar-refractivity contribution is -0.173. The van der Waals surface area contributed by atoms with Gasteiger partial charge >= 0.3 is 6.18 Å². The van der Waals surface area contributed by atoms with Crippen molar-refractivity contribution in [3.63, 3.8) is 0 Å². The molecule has 2 unspecified atom stereocenters. The number of alkyl halides is 3. The minimum atomic E-state index is -4.56. The van der Waals surface area contributed by atoms with Gasteiger partial charge in [0, 0.05) is 44.4 Å². The van der Waals surface area contributed by atoms with E-state index in [4.69, 9.17) is 9.47 Å². The van der Waals surface area contributed by atoms with E-state index in [1.807, 2.05) is 20.9 Å². The van der Waals surface area contributed by atoms with Gasteiger partial charge in [-0.15, -0.1) is 0 Å². The lowest BCUT2D eigenvalue weighted by Gasteiger charge is -2.33. The standard InChI is InChI=1S/C24H29F3N6O3/c1-13-16(14(2)32(4)29-13)12-31(3)23(34)18-11-22-28-17(10-21(24(25,26)27)33(22)30-18)15-7-8-19(35-5)20(9-15)36-6/h7-9,11,17,21,28H,10,12H2,1-6H3. The molecule has 0 saturated heterocycles. The summed E-state index contributed by atoms with van der Waals surface area (Å²) in [6, 6.07) is 3.78. The maximum Gasteiger partial charge on any atom is 0.410 e. The third-order valence-corrected chi connectivity index (χ3v) is 6.62. The fraction of sp³-hybridized carbons (Fsp3) is 0.458. The number of anilines is 1. The van der Waals surface area contributed by atoms with Crippen LogP contribution >= 0.6 is 0 Å². The number of hydrogen-bond donors (Lipinski definition) is 1. The Kier molecular flexibility index (Phi) is 6.63. The Morgan fingerprint density at radius 3 is 2.44 bits per heavy atom. The molecule has 36 heavy (non-hydrogen) atoms. The topological polar surface area (TPSA) is 86.4 Å². The highest BCUT2D eigenvalue weighted by Gasteiger charge is 2.47. The third kappa shape index (κ3) is 4.59. The van der Waals surface area contributed by atoms with Gasteiger partial charge < -0.3 is 19.7 Å². The first-order valence-corrected chi connectivity index (χ1v) is 11.3. The summed E-state index contributed by atoms with van der Waals surface area (Å²) in [5.74, 6) is 0.529. The number of ether oxygens (including phenoxy) is 2. The summed E-state index contributed by atoms with van der Waals surface area (Å²) in [6.45, 7) is 4.01. The average molecular weight is 507 g/mol. The van der Waals surface area contributed by atoms with E-state index < -0.39 is 24.2 Å². The van der Waals surface area contributed by atoms with Crippen LogP contribution in [-0.4, -0.2) is 57.8 Å².